The number of likely N-dealkylation sites (N-methyl/N-ethyl adjacent to an activating group) is 1. The highest BCUT2D eigenvalue weighted by molar-refractivity contribution is 7.89. The summed E-state index contributed by atoms with van der Waals surface area (Å²) in [6, 6.07) is 6.17. The number of ether oxygens (including phenoxy) is 1. The number of aromatic amines is 1. The Morgan fingerprint density at radius 1 is 1.22 bits per heavy atom. The number of nitrogens with one attached hydrogen (secondary N) is 1. The number of nitrogens with zero attached hydrogens (tertiary/aromatic N) is 2. The van der Waals surface area contributed by atoms with Crippen molar-refractivity contribution in [3.8, 4) is 11.1 Å². The maximum Gasteiger partial charge on any atom is 0.250 e. The minimum atomic E-state index is -3.17. The fraction of sp³-hybridized carbons (Fsp3) is 0.500. The molecule has 0 spiro atoms. The van der Waals surface area contributed by atoms with Crippen molar-refractivity contribution in [2.75, 3.05) is 45.6 Å². The van der Waals surface area contributed by atoms with Crippen LogP contribution in [-0.4, -0.2) is 74.2 Å². The Balaban J connectivity index is 1.59. The quantitative estimate of drug-likeness (QED) is 0.363. The molecule has 8 nitrogen and oxygen atoms in total. The smallest absolute Gasteiger partial charge is 0.250 e. The number of fused-ring (bicyclic) bond motifs is 1. The van der Waals surface area contributed by atoms with Gasteiger partial charge in [-0.2, -0.15) is 0 Å². The molecule has 1 aromatic carbocycles. The predicted molar refractivity (Wildman–Crippen MR) is 146 cm³/mol. The van der Waals surface area contributed by atoms with Gasteiger partial charge in [-0.15, -0.1) is 11.3 Å². The molecule has 1 aliphatic rings. The number of hydrogen-bond donors (Lipinski definition) is 2. The molecule has 36 heavy (non-hydrogen) atoms. The molecule has 0 aliphatic carbocycles. The molecule has 196 valence electrons. The number of thiophene rings is 1. The van der Waals surface area contributed by atoms with Crippen LogP contribution in [0.5, 0.6) is 0 Å². The number of aromatic nitrogens is 1. The number of nitrogens with two attached hydrogens (primary N) is 1. The van der Waals surface area contributed by atoms with Crippen molar-refractivity contribution in [1.82, 2.24) is 14.2 Å². The van der Waals surface area contributed by atoms with Gasteiger partial charge < -0.3 is 15.5 Å². The normalized spacial score (nSPS) is 15.8. The van der Waals surface area contributed by atoms with Gasteiger partial charge in [-0.05, 0) is 79.9 Å². The van der Waals surface area contributed by atoms with E-state index in [9.17, 15) is 13.2 Å². The molecular weight excluding hydrogens is 496 g/mol. The van der Waals surface area contributed by atoms with Crippen LogP contribution in [0.15, 0.2) is 29.8 Å². The molecule has 3 heterocycles. The van der Waals surface area contributed by atoms with Gasteiger partial charge in [-0.1, -0.05) is 0 Å². The summed E-state index contributed by atoms with van der Waals surface area (Å²) in [5.74, 6) is -0.124. The van der Waals surface area contributed by atoms with Crippen LogP contribution in [0.3, 0.4) is 0 Å². The molecule has 0 saturated carbocycles. The number of carbonyl (C=O) groups excluding carboxylic acids is 1. The molecule has 0 radical (unpaired) electrons. The third-order valence-corrected chi connectivity index (χ3v) is 9.78. The molecule has 1 aliphatic heterocycles. The minimum Gasteiger partial charge on any atom is -0.380 e. The van der Waals surface area contributed by atoms with Crippen LogP contribution < -0.4 is 5.73 Å². The van der Waals surface area contributed by atoms with E-state index in [1.54, 1.807) is 22.6 Å². The second-order valence-corrected chi connectivity index (χ2v) is 12.6. The first-order valence-corrected chi connectivity index (χ1v) is 15.0. The molecule has 3 aromatic rings. The average molecular weight is 533 g/mol. The van der Waals surface area contributed by atoms with E-state index in [0.29, 0.717) is 25.3 Å². The lowest BCUT2D eigenvalue weighted by atomic mass is 9.88. The summed E-state index contributed by atoms with van der Waals surface area (Å²) < 4.78 is 31.6. The molecule has 0 atom stereocenters. The highest BCUT2D eigenvalue weighted by Gasteiger charge is 2.29. The van der Waals surface area contributed by atoms with Gasteiger partial charge in [-0.25, -0.2) is 12.7 Å². The fourth-order valence-electron chi connectivity index (χ4n) is 4.90. The standard InChI is InChI=1S/C26H36N4O4S2/c1-4-34-11-10-29(3)16-21-12-20(17-35-21)19-13-22-24(15-28-25(22)23(14-19)26(27)31)18-6-8-30(9-7-18)36(32,33)5-2/h12-15,17-18,28H,4-11,16H2,1-3H3,(H2,27,31). The molecule has 0 unspecified atom stereocenters. The van der Waals surface area contributed by atoms with Gasteiger partial charge in [0, 0.05) is 49.2 Å². The Bertz CT molecular complexity index is 1310. The van der Waals surface area contributed by atoms with E-state index in [-0.39, 0.29) is 11.7 Å². The Labute approximate surface area is 217 Å². The Morgan fingerprint density at radius 2 is 1.97 bits per heavy atom. The third-order valence-electron chi connectivity index (χ3n) is 6.97. The SMILES string of the molecule is CCOCCN(C)Cc1cc(-c2cc(C(N)=O)c3[nH]cc(C4CCN(S(=O)(=O)CC)CC4)c3c2)cs1. The summed E-state index contributed by atoms with van der Waals surface area (Å²) in [7, 11) is -1.09. The number of H-pyrrole nitrogens is 1. The fourth-order valence-corrected chi connectivity index (χ4v) is 7.01. The molecule has 4 rings (SSSR count). The maximum atomic E-state index is 12.4. The predicted octanol–water partition coefficient (Wildman–Crippen LogP) is 3.99. The summed E-state index contributed by atoms with van der Waals surface area (Å²) in [4.78, 5) is 19.1. The second-order valence-electron chi connectivity index (χ2n) is 9.36. The number of primary amides is 1. The number of piperidine rings is 1. The molecule has 1 saturated heterocycles. The largest absolute Gasteiger partial charge is 0.380 e. The van der Waals surface area contributed by atoms with Crippen molar-refractivity contribution in [2.45, 2.75) is 39.2 Å². The molecule has 3 N–H and O–H groups in total. The number of hydrogen-bond acceptors (Lipinski definition) is 6. The Morgan fingerprint density at radius 3 is 2.64 bits per heavy atom. The summed E-state index contributed by atoms with van der Waals surface area (Å²) in [6.45, 7) is 7.84. The maximum absolute atomic E-state index is 12.4. The lowest BCUT2D eigenvalue weighted by Gasteiger charge is -2.31. The van der Waals surface area contributed by atoms with E-state index >= 15 is 0 Å². The Hall–Kier alpha value is -2.24. The van der Waals surface area contributed by atoms with Gasteiger partial charge >= 0.3 is 0 Å². The van der Waals surface area contributed by atoms with Gasteiger partial charge in [0.15, 0.2) is 0 Å². The van der Waals surface area contributed by atoms with Crippen LogP contribution >= 0.6 is 11.3 Å². The van der Waals surface area contributed by atoms with Crippen LogP contribution in [0.2, 0.25) is 0 Å². The second kappa shape index (κ2) is 11.4. The first kappa shape index (κ1) is 26.8. The van der Waals surface area contributed by atoms with Crippen molar-refractivity contribution in [3.05, 3.63) is 45.8 Å². The molecule has 0 bridgehead atoms. The van der Waals surface area contributed by atoms with Gasteiger partial charge in [0.05, 0.1) is 23.4 Å². The van der Waals surface area contributed by atoms with Crippen LogP contribution in [0.4, 0.5) is 0 Å². The van der Waals surface area contributed by atoms with Gasteiger partial charge in [-0.3, -0.25) is 9.69 Å². The van der Waals surface area contributed by atoms with Crippen molar-refractivity contribution < 1.29 is 17.9 Å². The van der Waals surface area contributed by atoms with E-state index in [0.717, 1.165) is 60.1 Å². The zero-order valence-electron chi connectivity index (χ0n) is 21.2. The zero-order valence-corrected chi connectivity index (χ0v) is 22.9. The monoisotopic (exact) mass is 532 g/mol. The summed E-state index contributed by atoms with van der Waals surface area (Å²) in [6.07, 6.45) is 3.46. The number of rotatable bonds is 11. The van der Waals surface area contributed by atoms with Crippen molar-refractivity contribution in [3.63, 3.8) is 0 Å². The van der Waals surface area contributed by atoms with Crippen LogP contribution in [0, 0.1) is 0 Å². The lowest BCUT2D eigenvalue weighted by Crippen LogP contribution is -2.38. The van der Waals surface area contributed by atoms with E-state index in [2.05, 4.69) is 34.4 Å². The van der Waals surface area contributed by atoms with E-state index in [1.165, 1.54) is 4.88 Å². The van der Waals surface area contributed by atoms with Gasteiger partial charge in [0.2, 0.25) is 10.0 Å². The van der Waals surface area contributed by atoms with E-state index < -0.39 is 15.9 Å². The zero-order chi connectivity index (χ0) is 25.9. The highest BCUT2D eigenvalue weighted by Crippen LogP contribution is 2.38. The number of sulfonamides is 1. The van der Waals surface area contributed by atoms with Gasteiger partial charge in [0.25, 0.3) is 5.91 Å². The van der Waals surface area contributed by atoms with E-state index in [4.69, 9.17) is 10.5 Å². The molecule has 1 fully saturated rings. The number of carbonyl (C=O) groups is 1. The lowest BCUT2D eigenvalue weighted by molar-refractivity contribution is 0.100. The first-order chi connectivity index (χ1) is 17.2. The van der Waals surface area contributed by atoms with Crippen molar-refractivity contribution in [1.29, 1.82) is 0 Å². The summed E-state index contributed by atoms with van der Waals surface area (Å²) in [5.41, 5.74) is 10.1. The topological polar surface area (TPSA) is 109 Å². The third kappa shape index (κ3) is 5.84. The van der Waals surface area contributed by atoms with Crippen LogP contribution in [-0.2, 0) is 21.3 Å². The molecule has 10 heteroatoms. The van der Waals surface area contributed by atoms with Crippen molar-refractivity contribution in [2.24, 2.45) is 5.73 Å². The first-order valence-electron chi connectivity index (χ1n) is 12.5. The molecular formula is C26H36N4O4S2. The van der Waals surface area contributed by atoms with Crippen LogP contribution in [0.25, 0.3) is 22.0 Å². The summed E-state index contributed by atoms with van der Waals surface area (Å²) >= 11 is 1.70. The van der Waals surface area contributed by atoms with Gasteiger partial charge in [0.1, 0.15) is 0 Å². The number of benzene rings is 1. The summed E-state index contributed by atoms with van der Waals surface area (Å²) in [5, 5.41) is 3.11. The number of amides is 1. The average Bonchev–Trinajstić information content (AvgIpc) is 3.50. The molecule has 2 aromatic heterocycles. The minimum absolute atomic E-state index is 0.126. The highest BCUT2D eigenvalue weighted by atomic mass is 32.2. The van der Waals surface area contributed by atoms with Crippen molar-refractivity contribution >= 4 is 38.2 Å². The van der Waals surface area contributed by atoms with Crippen LogP contribution in [0.1, 0.15) is 53.4 Å². The molecule has 1 amide bonds. The van der Waals surface area contributed by atoms with E-state index in [1.807, 2.05) is 19.2 Å². The Kier molecular flexibility index (Phi) is 8.52.